The molecular formula is C29H35N3O5S. The fourth-order valence-electron chi connectivity index (χ4n) is 4.21. The van der Waals surface area contributed by atoms with E-state index < -0.39 is 28.5 Å². The van der Waals surface area contributed by atoms with Crippen LogP contribution >= 0.6 is 0 Å². The van der Waals surface area contributed by atoms with Crippen LogP contribution in [0.2, 0.25) is 0 Å². The number of carbonyl (C=O) groups excluding carboxylic acids is 2. The molecule has 8 nitrogen and oxygen atoms in total. The van der Waals surface area contributed by atoms with E-state index in [2.05, 4.69) is 5.32 Å². The van der Waals surface area contributed by atoms with Gasteiger partial charge in [0, 0.05) is 13.6 Å². The molecule has 0 saturated heterocycles. The first-order valence-electron chi connectivity index (χ1n) is 12.4. The highest BCUT2D eigenvalue weighted by molar-refractivity contribution is 7.92. The number of carbonyl (C=O) groups is 2. The first-order chi connectivity index (χ1) is 18.1. The van der Waals surface area contributed by atoms with Crippen molar-refractivity contribution in [2.45, 2.75) is 44.7 Å². The molecule has 0 aliphatic rings. The van der Waals surface area contributed by atoms with Crippen molar-refractivity contribution >= 4 is 27.5 Å². The van der Waals surface area contributed by atoms with Gasteiger partial charge in [0.15, 0.2) is 0 Å². The van der Waals surface area contributed by atoms with Crippen molar-refractivity contribution in [2.75, 3.05) is 25.0 Å². The second-order valence-corrected chi connectivity index (χ2v) is 10.9. The lowest BCUT2D eigenvalue weighted by molar-refractivity contribution is -0.140. The zero-order valence-corrected chi connectivity index (χ0v) is 23.3. The molecule has 2 amide bonds. The van der Waals surface area contributed by atoms with Crippen LogP contribution < -0.4 is 14.4 Å². The summed E-state index contributed by atoms with van der Waals surface area (Å²) in [5.41, 5.74) is 2.81. The second-order valence-electron chi connectivity index (χ2n) is 9.02. The molecule has 0 aliphatic heterocycles. The van der Waals surface area contributed by atoms with Gasteiger partial charge < -0.3 is 15.0 Å². The number of benzene rings is 3. The van der Waals surface area contributed by atoms with Crippen molar-refractivity contribution in [2.24, 2.45) is 0 Å². The number of aryl methyl sites for hydroxylation is 2. The number of nitrogens with one attached hydrogen (secondary N) is 1. The third-order valence-corrected chi connectivity index (χ3v) is 8.19. The summed E-state index contributed by atoms with van der Waals surface area (Å²) in [4.78, 5) is 28.2. The number of hydrogen-bond donors (Lipinski definition) is 1. The van der Waals surface area contributed by atoms with Crippen LogP contribution in [0.4, 0.5) is 5.69 Å². The van der Waals surface area contributed by atoms with Gasteiger partial charge in [0.25, 0.3) is 10.0 Å². The van der Waals surface area contributed by atoms with Crippen molar-refractivity contribution in [3.05, 3.63) is 89.5 Å². The van der Waals surface area contributed by atoms with E-state index in [1.807, 2.05) is 32.0 Å². The predicted octanol–water partition coefficient (Wildman–Crippen LogP) is 4.06. The summed E-state index contributed by atoms with van der Waals surface area (Å²) in [6, 6.07) is 19.9. The minimum Gasteiger partial charge on any atom is -0.497 e. The Bertz CT molecular complexity index is 1360. The molecule has 0 fully saturated rings. The highest BCUT2D eigenvalue weighted by Crippen LogP contribution is 2.28. The molecule has 9 heteroatoms. The topological polar surface area (TPSA) is 96.0 Å². The summed E-state index contributed by atoms with van der Waals surface area (Å²) in [6.07, 6.45) is 0.358. The Labute approximate surface area is 225 Å². The number of sulfonamides is 1. The molecule has 0 saturated carbocycles. The molecule has 38 heavy (non-hydrogen) atoms. The molecule has 0 radical (unpaired) electrons. The maximum atomic E-state index is 13.9. The van der Waals surface area contributed by atoms with Gasteiger partial charge in [-0.3, -0.25) is 13.9 Å². The zero-order chi connectivity index (χ0) is 27.9. The Hall–Kier alpha value is -3.85. The molecule has 0 aromatic heterocycles. The zero-order valence-electron chi connectivity index (χ0n) is 22.5. The Kier molecular flexibility index (Phi) is 9.52. The molecule has 3 aromatic rings. The summed E-state index contributed by atoms with van der Waals surface area (Å²) in [5.74, 6) is -0.145. The molecule has 3 rings (SSSR count). The number of rotatable bonds is 11. The number of amides is 2. The predicted molar refractivity (Wildman–Crippen MR) is 149 cm³/mol. The van der Waals surface area contributed by atoms with Gasteiger partial charge in [-0.05, 0) is 61.7 Å². The van der Waals surface area contributed by atoms with Gasteiger partial charge in [0.05, 0.1) is 17.7 Å². The summed E-state index contributed by atoms with van der Waals surface area (Å²) in [6.45, 7) is 5.15. The van der Waals surface area contributed by atoms with Gasteiger partial charge in [0.2, 0.25) is 11.8 Å². The van der Waals surface area contributed by atoms with Crippen molar-refractivity contribution in [1.29, 1.82) is 0 Å². The number of nitrogens with zero attached hydrogens (tertiary/aromatic N) is 2. The molecule has 0 spiro atoms. The maximum absolute atomic E-state index is 13.9. The second kappa shape index (κ2) is 12.6. The first-order valence-corrected chi connectivity index (χ1v) is 13.8. The largest absolute Gasteiger partial charge is 0.497 e. The van der Waals surface area contributed by atoms with Crippen LogP contribution in [-0.2, 0) is 26.2 Å². The van der Waals surface area contributed by atoms with E-state index in [9.17, 15) is 18.0 Å². The van der Waals surface area contributed by atoms with Gasteiger partial charge in [0.1, 0.15) is 18.3 Å². The van der Waals surface area contributed by atoms with E-state index in [0.29, 0.717) is 23.4 Å². The average molecular weight is 538 g/mol. The van der Waals surface area contributed by atoms with Crippen LogP contribution in [-0.4, -0.2) is 51.9 Å². The lowest BCUT2D eigenvalue weighted by Crippen LogP contribution is -2.51. The van der Waals surface area contributed by atoms with E-state index in [-0.39, 0.29) is 17.3 Å². The summed E-state index contributed by atoms with van der Waals surface area (Å²) in [5, 5.41) is 2.63. The monoisotopic (exact) mass is 537 g/mol. The van der Waals surface area contributed by atoms with E-state index in [1.54, 1.807) is 56.5 Å². The van der Waals surface area contributed by atoms with E-state index >= 15 is 0 Å². The van der Waals surface area contributed by atoms with Crippen LogP contribution in [0.25, 0.3) is 0 Å². The number of para-hydroxylation sites is 1. The molecule has 0 heterocycles. The number of hydrogen-bond acceptors (Lipinski definition) is 5. The van der Waals surface area contributed by atoms with Crippen LogP contribution in [0.1, 0.15) is 30.0 Å². The van der Waals surface area contributed by atoms with Crippen LogP contribution in [0.5, 0.6) is 5.75 Å². The molecule has 1 N–H and O–H groups in total. The number of likely N-dealkylation sites (N-methyl/N-ethyl adjacent to an activating group) is 1. The Morgan fingerprint density at radius 1 is 0.947 bits per heavy atom. The summed E-state index contributed by atoms with van der Waals surface area (Å²) >= 11 is 0. The minimum absolute atomic E-state index is 0.0826. The standard InChI is InChI=1S/C29H35N3O5S/c1-6-26(29(34)30-4)31(19-23-13-15-24(37-5)16-14-23)28(33)20-32(27-10-8-7-9-22(27)3)38(35,36)25-17-11-21(2)12-18-25/h7-18,26H,6,19-20H2,1-5H3,(H,30,34). The van der Waals surface area contributed by atoms with E-state index in [1.165, 1.54) is 24.1 Å². The van der Waals surface area contributed by atoms with Gasteiger partial charge >= 0.3 is 0 Å². The Morgan fingerprint density at radius 2 is 1.58 bits per heavy atom. The third-order valence-electron chi connectivity index (χ3n) is 6.42. The van der Waals surface area contributed by atoms with Crippen LogP contribution in [0.15, 0.2) is 77.7 Å². The molecule has 3 aromatic carbocycles. The molecule has 0 bridgehead atoms. The fraction of sp³-hybridized carbons (Fsp3) is 0.310. The SMILES string of the molecule is CCC(C(=O)NC)N(Cc1ccc(OC)cc1)C(=O)CN(c1ccccc1C)S(=O)(=O)c1ccc(C)cc1. The molecular weight excluding hydrogens is 502 g/mol. The van der Waals surface area contributed by atoms with Crippen molar-refractivity contribution in [1.82, 2.24) is 10.2 Å². The quantitative estimate of drug-likeness (QED) is 0.398. The average Bonchev–Trinajstić information content (AvgIpc) is 2.92. The van der Waals surface area contributed by atoms with Crippen LogP contribution in [0, 0.1) is 13.8 Å². The highest BCUT2D eigenvalue weighted by atomic mass is 32.2. The smallest absolute Gasteiger partial charge is 0.264 e. The third kappa shape index (κ3) is 6.52. The van der Waals surface area contributed by atoms with Gasteiger partial charge in [-0.1, -0.05) is 55.0 Å². The van der Waals surface area contributed by atoms with Crippen molar-refractivity contribution in [3.8, 4) is 5.75 Å². The lowest BCUT2D eigenvalue weighted by Gasteiger charge is -2.33. The summed E-state index contributed by atoms with van der Waals surface area (Å²) in [7, 11) is -1.01. The number of anilines is 1. The maximum Gasteiger partial charge on any atom is 0.264 e. The fourth-order valence-corrected chi connectivity index (χ4v) is 5.69. The minimum atomic E-state index is -4.09. The van der Waals surface area contributed by atoms with Gasteiger partial charge in [-0.2, -0.15) is 0 Å². The normalized spacial score (nSPS) is 11.9. The van der Waals surface area contributed by atoms with E-state index in [4.69, 9.17) is 4.74 Å². The number of ether oxygens (including phenoxy) is 1. The van der Waals surface area contributed by atoms with Gasteiger partial charge in [-0.15, -0.1) is 0 Å². The van der Waals surface area contributed by atoms with Gasteiger partial charge in [-0.25, -0.2) is 8.42 Å². The molecule has 1 atom stereocenters. The number of methoxy groups -OCH3 is 1. The molecule has 202 valence electrons. The summed E-state index contributed by atoms with van der Waals surface area (Å²) < 4.78 is 34.1. The highest BCUT2D eigenvalue weighted by Gasteiger charge is 2.33. The Balaban J connectivity index is 2.06. The molecule has 1 unspecified atom stereocenters. The van der Waals surface area contributed by atoms with Crippen molar-refractivity contribution < 1.29 is 22.7 Å². The van der Waals surface area contributed by atoms with E-state index in [0.717, 1.165) is 15.4 Å². The first kappa shape index (κ1) is 28.7. The van der Waals surface area contributed by atoms with Crippen molar-refractivity contribution in [3.63, 3.8) is 0 Å². The Morgan fingerprint density at radius 3 is 2.13 bits per heavy atom. The lowest BCUT2D eigenvalue weighted by atomic mass is 10.1. The van der Waals surface area contributed by atoms with Crippen LogP contribution in [0.3, 0.4) is 0 Å². The molecule has 0 aliphatic carbocycles.